The largest absolute Gasteiger partial charge is 0.507 e. The number of halogens is 1. The first-order chi connectivity index (χ1) is 14.5. The van der Waals surface area contributed by atoms with Crippen molar-refractivity contribution in [3.8, 4) is 17.2 Å². The highest BCUT2D eigenvalue weighted by molar-refractivity contribution is 5.99. The van der Waals surface area contributed by atoms with E-state index < -0.39 is 17.3 Å². The highest BCUT2D eigenvalue weighted by Crippen LogP contribution is 2.33. The Bertz CT molecular complexity index is 946. The van der Waals surface area contributed by atoms with Gasteiger partial charge < -0.3 is 19.7 Å². The van der Waals surface area contributed by atoms with Crippen LogP contribution in [0.4, 0.5) is 4.39 Å². The molecular formula is C24H29FO6. The smallest absolute Gasteiger partial charge is 0.338 e. The third kappa shape index (κ3) is 6.98. The molecule has 6 nitrogen and oxygen atoms in total. The highest BCUT2D eigenvalue weighted by Gasteiger charge is 2.21. The quantitative estimate of drug-likeness (QED) is 0.386. The Kier molecular flexibility index (Phi) is 8.02. The summed E-state index contributed by atoms with van der Waals surface area (Å²) in [6.07, 6.45) is 1.62. The van der Waals surface area contributed by atoms with Crippen molar-refractivity contribution in [2.75, 3.05) is 13.2 Å². The second-order valence-corrected chi connectivity index (χ2v) is 8.60. The molecule has 0 aliphatic carbocycles. The van der Waals surface area contributed by atoms with E-state index in [0.29, 0.717) is 49.4 Å². The monoisotopic (exact) mass is 432 g/mol. The van der Waals surface area contributed by atoms with E-state index in [1.54, 1.807) is 19.1 Å². The van der Waals surface area contributed by atoms with Gasteiger partial charge in [0.15, 0.2) is 5.78 Å². The number of ether oxygens (including phenoxy) is 2. The number of aromatic hydroxyl groups is 1. The number of unbranched alkanes of at least 4 members (excludes halogenated alkanes) is 1. The summed E-state index contributed by atoms with van der Waals surface area (Å²) in [5.74, 6) is -1.55. The Balaban J connectivity index is 1.81. The number of aromatic carboxylic acids is 1. The fourth-order valence-electron chi connectivity index (χ4n) is 2.98. The van der Waals surface area contributed by atoms with Crippen molar-refractivity contribution >= 4 is 11.8 Å². The van der Waals surface area contributed by atoms with E-state index >= 15 is 0 Å². The summed E-state index contributed by atoms with van der Waals surface area (Å²) in [4.78, 5) is 23.2. The molecule has 168 valence electrons. The average Bonchev–Trinajstić information content (AvgIpc) is 2.66. The van der Waals surface area contributed by atoms with Crippen LogP contribution in [0.25, 0.3) is 0 Å². The van der Waals surface area contributed by atoms with Crippen molar-refractivity contribution in [2.45, 2.75) is 47.0 Å². The molecule has 0 unspecified atom stereocenters. The third-order valence-corrected chi connectivity index (χ3v) is 4.61. The lowest BCUT2D eigenvalue weighted by molar-refractivity contribution is 0.0691. The van der Waals surface area contributed by atoms with E-state index in [4.69, 9.17) is 14.6 Å². The van der Waals surface area contributed by atoms with Crippen molar-refractivity contribution in [3.63, 3.8) is 0 Å². The van der Waals surface area contributed by atoms with Gasteiger partial charge in [-0.2, -0.15) is 0 Å². The maximum absolute atomic E-state index is 13.6. The zero-order valence-electron chi connectivity index (χ0n) is 18.3. The molecule has 0 saturated heterocycles. The van der Waals surface area contributed by atoms with Gasteiger partial charge in [-0.25, -0.2) is 9.18 Å². The van der Waals surface area contributed by atoms with Gasteiger partial charge in [-0.15, -0.1) is 0 Å². The molecule has 31 heavy (non-hydrogen) atoms. The normalized spacial score (nSPS) is 11.3. The molecule has 0 aliphatic heterocycles. The van der Waals surface area contributed by atoms with Gasteiger partial charge in [0.05, 0.1) is 24.3 Å². The van der Waals surface area contributed by atoms with Gasteiger partial charge in [-0.1, -0.05) is 20.8 Å². The Morgan fingerprint density at radius 3 is 2.19 bits per heavy atom. The number of Topliss-reactive ketones (excluding diaryl/α,β-unsaturated/α-hetero) is 1. The summed E-state index contributed by atoms with van der Waals surface area (Å²) < 4.78 is 24.8. The maximum atomic E-state index is 13.6. The summed E-state index contributed by atoms with van der Waals surface area (Å²) in [6, 6.07) is 6.91. The standard InChI is InChI=1S/C24H29FO6/c1-15-21(10-9-18(22(15)27)20(26)14-24(2,3)4)31-12-6-5-11-30-16-7-8-17(23(28)29)19(25)13-16/h7-10,13,27H,5-6,11-12,14H2,1-4H3,(H,28,29). The summed E-state index contributed by atoms with van der Waals surface area (Å²) >= 11 is 0. The topological polar surface area (TPSA) is 93.1 Å². The summed E-state index contributed by atoms with van der Waals surface area (Å²) in [7, 11) is 0. The number of carboxylic acid groups (broad SMARTS) is 1. The molecule has 7 heteroatoms. The second-order valence-electron chi connectivity index (χ2n) is 8.60. The van der Waals surface area contributed by atoms with Crippen LogP contribution in [-0.4, -0.2) is 35.2 Å². The summed E-state index contributed by atoms with van der Waals surface area (Å²) in [5.41, 5.74) is 0.253. The number of benzene rings is 2. The first-order valence-electron chi connectivity index (χ1n) is 10.1. The van der Waals surface area contributed by atoms with Crippen LogP contribution in [0.5, 0.6) is 17.2 Å². The number of carbonyl (C=O) groups is 2. The van der Waals surface area contributed by atoms with Crippen LogP contribution < -0.4 is 9.47 Å². The van der Waals surface area contributed by atoms with Gasteiger partial charge in [0.25, 0.3) is 0 Å². The van der Waals surface area contributed by atoms with E-state index in [1.807, 2.05) is 20.8 Å². The van der Waals surface area contributed by atoms with Gasteiger partial charge in [0.2, 0.25) is 0 Å². The molecule has 0 atom stereocenters. The third-order valence-electron chi connectivity index (χ3n) is 4.61. The Morgan fingerprint density at radius 1 is 1.00 bits per heavy atom. The molecule has 0 radical (unpaired) electrons. The highest BCUT2D eigenvalue weighted by atomic mass is 19.1. The van der Waals surface area contributed by atoms with Crippen LogP contribution in [-0.2, 0) is 0 Å². The Morgan fingerprint density at radius 2 is 1.61 bits per heavy atom. The average molecular weight is 432 g/mol. The van der Waals surface area contributed by atoms with Crippen LogP contribution >= 0.6 is 0 Å². The fourth-order valence-corrected chi connectivity index (χ4v) is 2.98. The number of phenols is 1. The van der Waals surface area contributed by atoms with E-state index in [-0.39, 0.29) is 22.7 Å². The first kappa shape index (κ1) is 24.2. The van der Waals surface area contributed by atoms with Crippen molar-refractivity contribution in [2.24, 2.45) is 5.41 Å². The Hall–Kier alpha value is -3.09. The van der Waals surface area contributed by atoms with Crippen molar-refractivity contribution in [1.82, 2.24) is 0 Å². The fraction of sp³-hybridized carbons (Fsp3) is 0.417. The molecule has 0 aliphatic rings. The number of hydrogen-bond donors (Lipinski definition) is 2. The van der Waals surface area contributed by atoms with Crippen LogP contribution in [0.2, 0.25) is 0 Å². The molecule has 2 aromatic rings. The minimum atomic E-state index is -1.32. The van der Waals surface area contributed by atoms with Gasteiger partial charge in [-0.05, 0) is 49.4 Å². The number of ketones is 1. The lowest BCUT2D eigenvalue weighted by Crippen LogP contribution is -2.13. The van der Waals surface area contributed by atoms with Crippen LogP contribution in [0.1, 0.15) is 66.3 Å². The molecule has 0 fully saturated rings. The van der Waals surface area contributed by atoms with Crippen molar-refractivity contribution in [1.29, 1.82) is 0 Å². The van der Waals surface area contributed by atoms with Crippen LogP contribution in [0.15, 0.2) is 30.3 Å². The zero-order valence-corrected chi connectivity index (χ0v) is 18.3. The predicted octanol–water partition coefficient (Wildman–Crippen LogP) is 5.39. The number of rotatable bonds is 10. The van der Waals surface area contributed by atoms with Gasteiger partial charge in [0, 0.05) is 18.1 Å². The molecule has 2 rings (SSSR count). The number of phenolic OH excluding ortho intramolecular Hbond substituents is 1. The molecule has 0 heterocycles. The van der Waals surface area contributed by atoms with Gasteiger partial charge >= 0.3 is 5.97 Å². The number of carboxylic acids is 1. The van der Waals surface area contributed by atoms with Crippen molar-refractivity contribution < 1.29 is 33.7 Å². The zero-order chi connectivity index (χ0) is 23.2. The molecule has 0 aromatic heterocycles. The maximum Gasteiger partial charge on any atom is 0.338 e. The molecule has 0 spiro atoms. The molecule has 0 amide bonds. The van der Waals surface area contributed by atoms with Crippen LogP contribution in [0.3, 0.4) is 0 Å². The number of carbonyl (C=O) groups excluding carboxylic acids is 1. The Labute approximate surface area is 181 Å². The number of hydrogen-bond acceptors (Lipinski definition) is 5. The van der Waals surface area contributed by atoms with Crippen LogP contribution in [0, 0.1) is 18.2 Å². The lowest BCUT2D eigenvalue weighted by atomic mass is 9.87. The minimum Gasteiger partial charge on any atom is -0.507 e. The lowest BCUT2D eigenvalue weighted by Gasteiger charge is -2.18. The first-order valence-corrected chi connectivity index (χ1v) is 10.1. The van der Waals surface area contributed by atoms with E-state index in [2.05, 4.69) is 0 Å². The predicted molar refractivity (Wildman–Crippen MR) is 115 cm³/mol. The van der Waals surface area contributed by atoms with E-state index in [1.165, 1.54) is 12.1 Å². The second kappa shape index (κ2) is 10.3. The van der Waals surface area contributed by atoms with Gasteiger partial charge in [-0.3, -0.25) is 4.79 Å². The summed E-state index contributed by atoms with van der Waals surface area (Å²) in [6.45, 7) is 8.31. The molecule has 0 saturated carbocycles. The van der Waals surface area contributed by atoms with E-state index in [0.717, 1.165) is 6.07 Å². The minimum absolute atomic E-state index is 0.0538. The molecule has 2 N–H and O–H groups in total. The SMILES string of the molecule is Cc1c(OCCCCOc2ccc(C(=O)O)c(F)c2)ccc(C(=O)CC(C)(C)C)c1O. The molecule has 0 bridgehead atoms. The van der Waals surface area contributed by atoms with Crippen molar-refractivity contribution in [3.05, 3.63) is 52.8 Å². The molecule has 2 aromatic carbocycles. The summed E-state index contributed by atoms with van der Waals surface area (Å²) in [5, 5.41) is 19.2. The van der Waals surface area contributed by atoms with Gasteiger partial charge in [0.1, 0.15) is 23.1 Å². The molecular weight excluding hydrogens is 403 g/mol. The van der Waals surface area contributed by atoms with E-state index in [9.17, 15) is 19.1 Å².